The van der Waals surface area contributed by atoms with Crippen LogP contribution in [0.5, 0.6) is 0 Å². The molecule has 7 heteroatoms. The average Bonchev–Trinajstić information content (AvgIpc) is 2.54. The standard InChI is InChI=1S/C15H21NO5S/c1-16(22(18,19)14-8-3-2-4-9-14)11-15(17)21-12-13-7-5-6-10-20-13/h2-4,8-9,13H,5-7,10-12H2,1H3/t13-/m0/s1. The van der Waals surface area contributed by atoms with Crippen LogP contribution in [0.3, 0.4) is 0 Å². The van der Waals surface area contributed by atoms with Crippen LogP contribution in [0.2, 0.25) is 0 Å². The molecule has 1 atom stereocenters. The lowest BCUT2D eigenvalue weighted by atomic mass is 10.1. The number of rotatable bonds is 6. The maximum Gasteiger partial charge on any atom is 0.321 e. The molecule has 1 heterocycles. The van der Waals surface area contributed by atoms with Crippen molar-refractivity contribution in [2.24, 2.45) is 0 Å². The van der Waals surface area contributed by atoms with Gasteiger partial charge in [0.1, 0.15) is 13.2 Å². The van der Waals surface area contributed by atoms with Gasteiger partial charge in [0.25, 0.3) is 0 Å². The molecule has 0 aliphatic carbocycles. The second-order valence-corrected chi connectivity index (χ2v) is 7.29. The molecule has 1 aliphatic rings. The van der Waals surface area contributed by atoms with Crippen LogP contribution in [0.1, 0.15) is 19.3 Å². The summed E-state index contributed by atoms with van der Waals surface area (Å²) < 4.78 is 36.1. The third kappa shape index (κ3) is 4.53. The highest BCUT2D eigenvalue weighted by Crippen LogP contribution is 2.14. The van der Waals surface area contributed by atoms with Crippen LogP contribution in [-0.4, -0.2) is 51.6 Å². The van der Waals surface area contributed by atoms with Gasteiger partial charge in [0.2, 0.25) is 10.0 Å². The van der Waals surface area contributed by atoms with Crippen molar-refractivity contribution in [2.45, 2.75) is 30.3 Å². The van der Waals surface area contributed by atoms with Gasteiger partial charge in [0.05, 0.1) is 11.0 Å². The quantitative estimate of drug-likeness (QED) is 0.739. The molecule has 0 spiro atoms. The first kappa shape index (κ1) is 16.9. The van der Waals surface area contributed by atoms with E-state index in [0.29, 0.717) is 6.61 Å². The SMILES string of the molecule is CN(CC(=O)OC[C@@H]1CCCCO1)S(=O)(=O)c1ccccc1. The van der Waals surface area contributed by atoms with Gasteiger partial charge in [0, 0.05) is 13.7 Å². The summed E-state index contributed by atoms with van der Waals surface area (Å²) in [6, 6.07) is 8.00. The van der Waals surface area contributed by atoms with Gasteiger partial charge < -0.3 is 9.47 Å². The number of hydrogen-bond acceptors (Lipinski definition) is 5. The number of carbonyl (C=O) groups excluding carboxylic acids is 1. The zero-order valence-electron chi connectivity index (χ0n) is 12.6. The molecular formula is C15H21NO5S. The number of benzene rings is 1. The highest BCUT2D eigenvalue weighted by Gasteiger charge is 2.24. The topological polar surface area (TPSA) is 72.9 Å². The minimum absolute atomic E-state index is 0.0752. The molecule has 1 fully saturated rings. The van der Waals surface area contributed by atoms with E-state index in [1.165, 1.54) is 19.2 Å². The number of ether oxygens (including phenoxy) is 2. The fourth-order valence-corrected chi connectivity index (χ4v) is 3.35. The first-order valence-corrected chi connectivity index (χ1v) is 8.73. The summed E-state index contributed by atoms with van der Waals surface area (Å²) in [4.78, 5) is 11.9. The molecule has 1 aromatic carbocycles. The van der Waals surface area contributed by atoms with E-state index in [2.05, 4.69) is 0 Å². The first-order valence-electron chi connectivity index (χ1n) is 7.29. The van der Waals surface area contributed by atoms with Gasteiger partial charge in [-0.3, -0.25) is 4.79 Å². The van der Waals surface area contributed by atoms with Crippen LogP contribution >= 0.6 is 0 Å². The molecule has 0 bridgehead atoms. The molecule has 122 valence electrons. The number of carbonyl (C=O) groups is 1. The minimum Gasteiger partial charge on any atom is -0.462 e. The summed E-state index contributed by atoms with van der Waals surface area (Å²) in [5.41, 5.74) is 0. The predicted octanol–water partition coefficient (Wildman–Crippen LogP) is 1.42. The Kier molecular flexibility index (Phi) is 5.93. The summed E-state index contributed by atoms with van der Waals surface area (Å²) in [5.74, 6) is -0.573. The molecule has 0 aromatic heterocycles. The first-order chi connectivity index (χ1) is 10.5. The normalized spacial score (nSPS) is 19.1. The van der Waals surface area contributed by atoms with Gasteiger partial charge >= 0.3 is 5.97 Å². The maximum absolute atomic E-state index is 12.3. The Morgan fingerprint density at radius 3 is 2.68 bits per heavy atom. The molecule has 0 saturated carbocycles. The van der Waals surface area contributed by atoms with Crippen molar-refractivity contribution in [3.8, 4) is 0 Å². The lowest BCUT2D eigenvalue weighted by Crippen LogP contribution is -2.34. The van der Waals surface area contributed by atoms with Crippen molar-refractivity contribution in [2.75, 3.05) is 26.8 Å². The number of nitrogens with zero attached hydrogens (tertiary/aromatic N) is 1. The summed E-state index contributed by atoms with van der Waals surface area (Å²) in [6.07, 6.45) is 2.88. The fourth-order valence-electron chi connectivity index (χ4n) is 2.21. The van der Waals surface area contributed by atoms with Crippen LogP contribution in [0, 0.1) is 0 Å². The highest BCUT2D eigenvalue weighted by molar-refractivity contribution is 7.89. The van der Waals surface area contributed by atoms with E-state index in [9.17, 15) is 13.2 Å². The molecule has 6 nitrogen and oxygen atoms in total. The third-order valence-corrected chi connectivity index (χ3v) is 5.32. The number of likely N-dealkylation sites (N-methyl/N-ethyl adjacent to an activating group) is 1. The molecule has 2 rings (SSSR count). The second-order valence-electron chi connectivity index (χ2n) is 5.25. The number of hydrogen-bond donors (Lipinski definition) is 0. The molecular weight excluding hydrogens is 306 g/mol. The Morgan fingerprint density at radius 1 is 1.32 bits per heavy atom. The van der Waals surface area contributed by atoms with Crippen molar-refractivity contribution in [1.82, 2.24) is 4.31 Å². The Morgan fingerprint density at radius 2 is 2.05 bits per heavy atom. The van der Waals surface area contributed by atoms with Gasteiger partial charge in [-0.1, -0.05) is 18.2 Å². The minimum atomic E-state index is -3.68. The Hall–Kier alpha value is -1.44. The van der Waals surface area contributed by atoms with E-state index in [0.717, 1.165) is 23.6 Å². The molecule has 0 N–H and O–H groups in total. The predicted molar refractivity (Wildman–Crippen MR) is 80.8 cm³/mol. The molecule has 0 amide bonds. The van der Waals surface area contributed by atoms with Gasteiger partial charge in [0.15, 0.2) is 0 Å². The summed E-state index contributed by atoms with van der Waals surface area (Å²) in [6.45, 7) is 0.548. The molecule has 0 radical (unpaired) electrons. The van der Waals surface area contributed by atoms with Gasteiger partial charge in [-0.05, 0) is 31.4 Å². The largest absolute Gasteiger partial charge is 0.462 e. The number of sulfonamides is 1. The summed E-state index contributed by atoms with van der Waals surface area (Å²) >= 11 is 0. The Balaban J connectivity index is 1.85. The van der Waals surface area contributed by atoms with E-state index in [-0.39, 0.29) is 24.2 Å². The lowest BCUT2D eigenvalue weighted by Gasteiger charge is -2.22. The van der Waals surface area contributed by atoms with Crippen molar-refractivity contribution in [3.05, 3.63) is 30.3 Å². The average molecular weight is 327 g/mol. The Bertz CT molecular complexity index is 581. The van der Waals surface area contributed by atoms with E-state index >= 15 is 0 Å². The van der Waals surface area contributed by atoms with Gasteiger partial charge in [-0.25, -0.2) is 8.42 Å². The molecule has 1 aromatic rings. The van der Waals surface area contributed by atoms with E-state index in [4.69, 9.17) is 9.47 Å². The van der Waals surface area contributed by atoms with E-state index < -0.39 is 16.0 Å². The van der Waals surface area contributed by atoms with Crippen LogP contribution in [0.25, 0.3) is 0 Å². The fraction of sp³-hybridized carbons (Fsp3) is 0.533. The molecule has 1 aliphatic heterocycles. The van der Waals surface area contributed by atoms with Crippen molar-refractivity contribution < 1.29 is 22.7 Å². The number of esters is 1. The third-order valence-electron chi connectivity index (χ3n) is 3.51. The summed E-state index contributed by atoms with van der Waals surface area (Å²) in [7, 11) is -2.31. The monoisotopic (exact) mass is 327 g/mol. The molecule has 0 unspecified atom stereocenters. The van der Waals surface area contributed by atoms with Crippen LogP contribution in [0.15, 0.2) is 35.2 Å². The van der Waals surface area contributed by atoms with E-state index in [1.54, 1.807) is 18.2 Å². The van der Waals surface area contributed by atoms with Crippen molar-refractivity contribution in [1.29, 1.82) is 0 Å². The Labute approximate surface area is 131 Å². The molecule has 22 heavy (non-hydrogen) atoms. The smallest absolute Gasteiger partial charge is 0.321 e. The van der Waals surface area contributed by atoms with Crippen LogP contribution < -0.4 is 0 Å². The van der Waals surface area contributed by atoms with Gasteiger partial charge in [-0.15, -0.1) is 0 Å². The zero-order valence-corrected chi connectivity index (χ0v) is 13.4. The lowest BCUT2D eigenvalue weighted by molar-refractivity contribution is -0.149. The molecule has 1 saturated heterocycles. The summed E-state index contributed by atoms with van der Waals surface area (Å²) in [5, 5.41) is 0. The maximum atomic E-state index is 12.3. The van der Waals surface area contributed by atoms with Crippen molar-refractivity contribution in [3.63, 3.8) is 0 Å². The second kappa shape index (κ2) is 7.71. The van der Waals surface area contributed by atoms with Gasteiger partial charge in [-0.2, -0.15) is 4.31 Å². The van der Waals surface area contributed by atoms with Crippen LogP contribution in [0.4, 0.5) is 0 Å². The van der Waals surface area contributed by atoms with E-state index in [1.807, 2.05) is 0 Å². The highest BCUT2D eigenvalue weighted by atomic mass is 32.2. The van der Waals surface area contributed by atoms with Crippen molar-refractivity contribution >= 4 is 16.0 Å². The zero-order chi connectivity index (χ0) is 16.0. The van der Waals surface area contributed by atoms with Crippen LogP contribution in [-0.2, 0) is 24.3 Å².